The first-order valence-corrected chi connectivity index (χ1v) is 7.09. The van der Waals surface area contributed by atoms with Crippen LogP contribution in [0.4, 0.5) is 0 Å². The minimum absolute atomic E-state index is 0.646. The zero-order valence-corrected chi connectivity index (χ0v) is 12.7. The lowest BCUT2D eigenvalue weighted by atomic mass is 9.84. The van der Waals surface area contributed by atoms with Gasteiger partial charge in [-0.25, -0.2) is 4.79 Å². The molecule has 1 aromatic rings. The van der Waals surface area contributed by atoms with Crippen molar-refractivity contribution in [3.05, 3.63) is 33.1 Å². The lowest BCUT2D eigenvalue weighted by Crippen LogP contribution is -2.61. The van der Waals surface area contributed by atoms with Gasteiger partial charge in [-0.1, -0.05) is 0 Å². The molecule has 0 spiro atoms. The lowest BCUT2D eigenvalue weighted by Gasteiger charge is -2.44. The molecule has 24 heavy (non-hydrogen) atoms. The first-order valence-electron chi connectivity index (χ1n) is 7.09. The van der Waals surface area contributed by atoms with Crippen LogP contribution in [0.1, 0.15) is 6.23 Å². The molecule has 6 N–H and O–H groups in total. The van der Waals surface area contributed by atoms with Crippen molar-refractivity contribution in [2.45, 2.75) is 30.6 Å². The summed E-state index contributed by atoms with van der Waals surface area (Å²) in [4.78, 5) is 36.9. The highest BCUT2D eigenvalue weighted by Gasteiger charge is 2.49. The zero-order chi connectivity index (χ0) is 18.0. The molecule has 1 aliphatic rings. The Morgan fingerprint density at radius 1 is 1.46 bits per heavy atom. The van der Waals surface area contributed by atoms with Crippen molar-refractivity contribution >= 4 is 5.97 Å². The maximum Gasteiger partial charge on any atom is 0.330 e. The van der Waals surface area contributed by atoms with E-state index in [0.717, 1.165) is 23.9 Å². The van der Waals surface area contributed by atoms with Crippen LogP contribution >= 0.6 is 0 Å². The van der Waals surface area contributed by atoms with Crippen molar-refractivity contribution in [1.29, 1.82) is 0 Å². The summed E-state index contributed by atoms with van der Waals surface area (Å²) < 4.78 is 10.9. The third-order valence-electron chi connectivity index (χ3n) is 3.96. The molecule has 1 aromatic heterocycles. The number of hydrogen-bond donors (Lipinski definition) is 5. The molecule has 1 aliphatic heterocycles. The fraction of sp³-hybridized carbons (Fsp3) is 0.615. The number of aromatic nitrogens is 2. The van der Waals surface area contributed by atoms with Gasteiger partial charge in [0.25, 0.3) is 5.56 Å². The number of nitrogens with two attached hydrogens (primary N) is 1. The summed E-state index contributed by atoms with van der Waals surface area (Å²) >= 11 is 0. The summed E-state index contributed by atoms with van der Waals surface area (Å²) in [6.45, 7) is -0.646. The van der Waals surface area contributed by atoms with Gasteiger partial charge in [0.15, 0.2) is 0 Å². The Morgan fingerprint density at radius 2 is 2.12 bits per heavy atom. The van der Waals surface area contributed by atoms with Crippen LogP contribution in [-0.4, -0.2) is 68.9 Å². The van der Waals surface area contributed by atoms with Gasteiger partial charge < -0.3 is 30.5 Å². The van der Waals surface area contributed by atoms with Gasteiger partial charge in [-0.3, -0.25) is 19.1 Å². The third-order valence-corrected chi connectivity index (χ3v) is 3.96. The van der Waals surface area contributed by atoms with E-state index in [1.54, 1.807) is 0 Å². The SMILES string of the molecule is COC(=O)[C@H](N)[C@@H]1[C@@H](O)[C@H](O)[C@@H](CO)O[C@H]1n1ccc(=O)[nH]c1=O. The first-order chi connectivity index (χ1) is 11.3. The molecule has 1 saturated heterocycles. The average Bonchev–Trinajstić information content (AvgIpc) is 2.56. The number of carbonyl (C=O) groups excluding carboxylic acids is 1. The number of rotatable bonds is 4. The Morgan fingerprint density at radius 3 is 2.67 bits per heavy atom. The molecule has 0 radical (unpaired) electrons. The molecule has 0 saturated carbocycles. The summed E-state index contributed by atoms with van der Waals surface area (Å²) in [7, 11) is 1.09. The van der Waals surface area contributed by atoms with Crippen LogP contribution in [0.3, 0.4) is 0 Å². The highest BCUT2D eigenvalue weighted by Crippen LogP contribution is 2.34. The number of aromatic amines is 1. The van der Waals surface area contributed by atoms with E-state index in [-0.39, 0.29) is 0 Å². The Balaban J connectivity index is 2.51. The Bertz CT molecular complexity index is 701. The Labute approximate surface area is 135 Å². The maximum atomic E-state index is 12.0. The van der Waals surface area contributed by atoms with Gasteiger partial charge in [-0.05, 0) is 0 Å². The standard InChI is InChI=1S/C13H19N3O8/c1-23-12(21)8(14)7-10(20)9(19)5(4-17)24-11(7)16-3-2-6(18)15-13(16)22/h2-3,5,7-11,17,19-20H,4,14H2,1H3,(H,15,18,22)/t5-,7-,8-,9-,10-,11-/m1/s1. The predicted molar refractivity (Wildman–Crippen MR) is 77.8 cm³/mol. The molecule has 2 rings (SSSR count). The summed E-state index contributed by atoms with van der Waals surface area (Å²) in [6.07, 6.45) is -4.56. The quantitative estimate of drug-likeness (QED) is 0.343. The van der Waals surface area contributed by atoms with E-state index in [1.807, 2.05) is 4.98 Å². The molecule has 0 aliphatic carbocycles. The van der Waals surface area contributed by atoms with Crippen molar-refractivity contribution in [3.63, 3.8) is 0 Å². The first kappa shape index (κ1) is 18.3. The van der Waals surface area contributed by atoms with Gasteiger partial charge in [0.05, 0.1) is 25.7 Å². The van der Waals surface area contributed by atoms with E-state index in [1.165, 1.54) is 0 Å². The molecule has 0 aromatic carbocycles. The summed E-state index contributed by atoms with van der Waals surface area (Å²) in [5.74, 6) is -2.15. The number of methoxy groups -OCH3 is 1. The molecule has 2 heterocycles. The number of H-pyrrole nitrogens is 1. The number of aliphatic hydroxyl groups is 3. The average molecular weight is 345 g/mol. The molecule has 11 nitrogen and oxygen atoms in total. The summed E-state index contributed by atoms with van der Waals surface area (Å²) in [6, 6.07) is -0.389. The second-order valence-electron chi connectivity index (χ2n) is 5.37. The van der Waals surface area contributed by atoms with Crippen LogP contribution in [-0.2, 0) is 14.3 Å². The molecule has 6 atom stereocenters. The maximum absolute atomic E-state index is 12.0. The number of aliphatic hydroxyl groups excluding tert-OH is 3. The zero-order valence-electron chi connectivity index (χ0n) is 12.7. The fourth-order valence-corrected chi connectivity index (χ4v) is 2.68. The molecular formula is C13H19N3O8. The van der Waals surface area contributed by atoms with Crippen molar-refractivity contribution in [1.82, 2.24) is 9.55 Å². The Hall–Kier alpha value is -2.05. The number of hydrogen-bond acceptors (Lipinski definition) is 9. The molecule has 134 valence electrons. The molecule has 0 amide bonds. The highest BCUT2D eigenvalue weighted by atomic mass is 16.5. The number of ether oxygens (including phenoxy) is 2. The van der Waals surface area contributed by atoms with Crippen LogP contribution < -0.4 is 17.0 Å². The van der Waals surface area contributed by atoms with Gasteiger partial charge >= 0.3 is 11.7 Å². The molecule has 1 fully saturated rings. The fourth-order valence-electron chi connectivity index (χ4n) is 2.68. The topological polar surface area (TPSA) is 177 Å². The van der Waals surface area contributed by atoms with Crippen LogP contribution in [0.5, 0.6) is 0 Å². The molecular weight excluding hydrogens is 326 g/mol. The van der Waals surface area contributed by atoms with E-state index in [9.17, 15) is 29.7 Å². The van der Waals surface area contributed by atoms with Crippen LogP contribution in [0.15, 0.2) is 21.9 Å². The van der Waals surface area contributed by atoms with Gasteiger partial charge in [-0.15, -0.1) is 0 Å². The van der Waals surface area contributed by atoms with Gasteiger partial charge in [0, 0.05) is 12.3 Å². The smallest absolute Gasteiger partial charge is 0.330 e. The third kappa shape index (κ3) is 3.25. The van der Waals surface area contributed by atoms with E-state index in [0.29, 0.717) is 0 Å². The largest absolute Gasteiger partial charge is 0.468 e. The van der Waals surface area contributed by atoms with Crippen LogP contribution in [0, 0.1) is 5.92 Å². The second-order valence-corrected chi connectivity index (χ2v) is 5.37. The normalized spacial score (nSPS) is 31.5. The number of nitrogens with zero attached hydrogens (tertiary/aromatic N) is 1. The lowest BCUT2D eigenvalue weighted by molar-refractivity contribution is -0.237. The molecule has 11 heteroatoms. The predicted octanol–water partition coefficient (Wildman–Crippen LogP) is -3.74. The second kappa shape index (κ2) is 7.23. The van der Waals surface area contributed by atoms with E-state index >= 15 is 0 Å². The molecule has 0 bridgehead atoms. The van der Waals surface area contributed by atoms with Crippen molar-refractivity contribution < 1.29 is 29.6 Å². The van der Waals surface area contributed by atoms with E-state index < -0.39 is 60.3 Å². The van der Waals surface area contributed by atoms with Crippen LogP contribution in [0.25, 0.3) is 0 Å². The number of esters is 1. The van der Waals surface area contributed by atoms with Gasteiger partial charge in [0.1, 0.15) is 24.5 Å². The number of nitrogens with one attached hydrogen (secondary N) is 1. The Kier molecular flexibility index (Phi) is 5.51. The van der Waals surface area contributed by atoms with Crippen LogP contribution in [0.2, 0.25) is 0 Å². The van der Waals surface area contributed by atoms with Gasteiger partial charge in [-0.2, -0.15) is 0 Å². The monoisotopic (exact) mass is 345 g/mol. The van der Waals surface area contributed by atoms with E-state index in [4.69, 9.17) is 10.5 Å². The minimum atomic E-state index is -1.59. The molecule has 0 unspecified atom stereocenters. The highest BCUT2D eigenvalue weighted by molar-refractivity contribution is 5.75. The number of carbonyl (C=O) groups is 1. The van der Waals surface area contributed by atoms with Crippen molar-refractivity contribution in [2.75, 3.05) is 13.7 Å². The minimum Gasteiger partial charge on any atom is -0.468 e. The van der Waals surface area contributed by atoms with Crippen molar-refractivity contribution in [3.8, 4) is 0 Å². The summed E-state index contributed by atoms with van der Waals surface area (Å²) in [5, 5.41) is 29.6. The van der Waals surface area contributed by atoms with Gasteiger partial charge in [0.2, 0.25) is 0 Å². The van der Waals surface area contributed by atoms with Crippen molar-refractivity contribution in [2.24, 2.45) is 11.7 Å². The van der Waals surface area contributed by atoms with E-state index in [2.05, 4.69) is 4.74 Å². The summed E-state index contributed by atoms with van der Waals surface area (Å²) in [5.41, 5.74) is 4.26.